The van der Waals surface area contributed by atoms with E-state index in [4.69, 9.17) is 5.73 Å². The predicted octanol–water partition coefficient (Wildman–Crippen LogP) is 7.20. The molecule has 30 heavy (non-hydrogen) atoms. The second-order valence-corrected chi connectivity index (χ2v) is 7.45. The maximum atomic E-state index is 6.17. The largest absolute Gasteiger partial charge is 0.398 e. The van der Waals surface area contributed by atoms with Gasteiger partial charge in [-0.1, -0.05) is 126 Å². The smallest absolute Gasteiger partial charge is 0.0350 e. The fraction of sp³-hybridized carbons (Fsp3) is 0.103. The van der Waals surface area contributed by atoms with Crippen LogP contribution in [0.15, 0.2) is 115 Å². The van der Waals surface area contributed by atoms with Crippen molar-refractivity contribution in [2.75, 3.05) is 0 Å². The predicted molar refractivity (Wildman–Crippen MR) is 130 cm³/mol. The van der Waals surface area contributed by atoms with Crippen LogP contribution in [0.2, 0.25) is 0 Å². The first kappa shape index (κ1) is 21.1. The summed E-state index contributed by atoms with van der Waals surface area (Å²) < 4.78 is 0. The Morgan fingerprint density at radius 2 is 1.23 bits per heavy atom. The summed E-state index contributed by atoms with van der Waals surface area (Å²) in [6, 6.07) is 37.6. The number of nitrogens with two attached hydrogens (primary N) is 1. The Kier molecular flexibility index (Phi) is 7.63. The van der Waals surface area contributed by atoms with Gasteiger partial charge in [0.25, 0.3) is 0 Å². The summed E-state index contributed by atoms with van der Waals surface area (Å²) in [6.07, 6.45) is 2.92. The zero-order chi connectivity index (χ0) is 21.2. The lowest BCUT2D eigenvalue weighted by atomic mass is 10.0. The number of hydrogen-bond donors (Lipinski definition) is 1. The Bertz CT molecular complexity index is 1060. The van der Waals surface area contributed by atoms with Crippen molar-refractivity contribution >= 4 is 5.70 Å². The highest BCUT2D eigenvalue weighted by Crippen LogP contribution is 2.21. The molecule has 0 aliphatic carbocycles. The molecule has 4 rings (SSSR count). The van der Waals surface area contributed by atoms with Gasteiger partial charge in [0.1, 0.15) is 0 Å². The molecule has 0 spiro atoms. The van der Waals surface area contributed by atoms with Crippen LogP contribution in [0, 0.1) is 13.8 Å². The topological polar surface area (TPSA) is 26.0 Å². The average molecular weight is 392 g/mol. The maximum Gasteiger partial charge on any atom is 0.0350 e. The molecule has 0 aromatic heterocycles. The summed E-state index contributed by atoms with van der Waals surface area (Å²) in [5, 5.41) is 0. The Morgan fingerprint density at radius 1 is 0.633 bits per heavy atom. The summed E-state index contributed by atoms with van der Waals surface area (Å²) in [4.78, 5) is 0. The van der Waals surface area contributed by atoms with Gasteiger partial charge < -0.3 is 5.73 Å². The fourth-order valence-electron chi connectivity index (χ4n) is 3.13. The average Bonchev–Trinajstić information content (AvgIpc) is 2.80. The van der Waals surface area contributed by atoms with Gasteiger partial charge >= 0.3 is 0 Å². The van der Waals surface area contributed by atoms with Gasteiger partial charge in [-0.05, 0) is 42.5 Å². The number of benzene rings is 4. The number of aryl methyl sites for hydroxylation is 2. The summed E-state index contributed by atoms with van der Waals surface area (Å²) >= 11 is 0. The van der Waals surface area contributed by atoms with E-state index >= 15 is 0 Å². The molecule has 0 fully saturated rings. The van der Waals surface area contributed by atoms with E-state index in [-0.39, 0.29) is 0 Å². The molecule has 0 aliphatic rings. The number of allylic oxidation sites excluding steroid dienone is 1. The van der Waals surface area contributed by atoms with Gasteiger partial charge in [-0.2, -0.15) is 0 Å². The van der Waals surface area contributed by atoms with Crippen molar-refractivity contribution in [2.24, 2.45) is 5.73 Å². The van der Waals surface area contributed by atoms with Crippen LogP contribution in [0.3, 0.4) is 0 Å². The molecule has 4 aromatic carbocycles. The molecule has 0 atom stereocenters. The van der Waals surface area contributed by atoms with Crippen LogP contribution in [-0.2, 0) is 6.42 Å². The molecular formula is C29H29N. The van der Waals surface area contributed by atoms with Gasteiger partial charge in [0, 0.05) is 5.70 Å². The van der Waals surface area contributed by atoms with Crippen LogP contribution in [-0.4, -0.2) is 0 Å². The van der Waals surface area contributed by atoms with Crippen molar-refractivity contribution in [3.63, 3.8) is 0 Å². The SMILES string of the molecule is Cc1ccc(-c2cccc(C/C=C(\N)c3ccccc3)c2)cc1.Cc1ccccc1. The highest BCUT2D eigenvalue weighted by molar-refractivity contribution is 5.65. The van der Waals surface area contributed by atoms with E-state index in [1.807, 2.05) is 48.5 Å². The molecule has 2 N–H and O–H groups in total. The molecule has 0 bridgehead atoms. The number of rotatable bonds is 4. The Morgan fingerprint density at radius 3 is 1.83 bits per heavy atom. The van der Waals surface area contributed by atoms with Crippen molar-refractivity contribution in [3.05, 3.63) is 138 Å². The zero-order valence-electron chi connectivity index (χ0n) is 17.8. The molecule has 0 unspecified atom stereocenters. The van der Waals surface area contributed by atoms with E-state index < -0.39 is 0 Å². The van der Waals surface area contributed by atoms with E-state index in [0.717, 1.165) is 17.7 Å². The quantitative estimate of drug-likeness (QED) is 0.391. The molecular weight excluding hydrogens is 362 g/mol. The molecule has 0 amide bonds. The zero-order valence-corrected chi connectivity index (χ0v) is 17.8. The van der Waals surface area contributed by atoms with Crippen LogP contribution in [0.1, 0.15) is 22.3 Å². The first-order valence-electron chi connectivity index (χ1n) is 10.3. The monoisotopic (exact) mass is 391 g/mol. The van der Waals surface area contributed by atoms with E-state index in [0.29, 0.717) is 0 Å². The standard InChI is InChI=1S/C22H21N.C7H8/c1-17-10-13-19(14-11-17)21-9-5-6-18(16-21)12-15-22(23)20-7-3-2-4-8-20;1-7-5-3-2-4-6-7/h2-11,13-16H,12,23H2,1H3;2-6H,1H3/b22-15-;. The molecule has 0 radical (unpaired) electrons. The first-order chi connectivity index (χ1) is 14.6. The molecule has 0 saturated heterocycles. The van der Waals surface area contributed by atoms with Gasteiger partial charge in [0.2, 0.25) is 0 Å². The van der Waals surface area contributed by atoms with Gasteiger partial charge in [0.15, 0.2) is 0 Å². The van der Waals surface area contributed by atoms with E-state index in [2.05, 4.69) is 80.6 Å². The minimum absolute atomic E-state index is 0.825. The van der Waals surface area contributed by atoms with Crippen molar-refractivity contribution in [3.8, 4) is 11.1 Å². The highest BCUT2D eigenvalue weighted by atomic mass is 14.6. The lowest BCUT2D eigenvalue weighted by molar-refractivity contribution is 1.26. The summed E-state index contributed by atoms with van der Waals surface area (Å²) in [5.41, 5.74) is 14.4. The maximum absolute atomic E-state index is 6.17. The second-order valence-electron chi connectivity index (χ2n) is 7.45. The fourth-order valence-corrected chi connectivity index (χ4v) is 3.13. The van der Waals surface area contributed by atoms with E-state index in [1.54, 1.807) is 0 Å². The number of hydrogen-bond acceptors (Lipinski definition) is 1. The Hall–Kier alpha value is -3.58. The lowest BCUT2D eigenvalue weighted by Crippen LogP contribution is -1.97. The summed E-state index contributed by atoms with van der Waals surface area (Å²) in [6.45, 7) is 4.19. The third-order valence-electron chi connectivity index (χ3n) is 4.92. The molecule has 0 saturated carbocycles. The van der Waals surface area contributed by atoms with Crippen LogP contribution in [0.5, 0.6) is 0 Å². The van der Waals surface area contributed by atoms with Crippen molar-refractivity contribution < 1.29 is 0 Å². The molecule has 4 aromatic rings. The van der Waals surface area contributed by atoms with Crippen LogP contribution >= 0.6 is 0 Å². The lowest BCUT2D eigenvalue weighted by Gasteiger charge is -2.06. The summed E-state index contributed by atoms with van der Waals surface area (Å²) in [7, 11) is 0. The minimum atomic E-state index is 0.825. The molecule has 0 heterocycles. The van der Waals surface area contributed by atoms with Gasteiger partial charge in [0.05, 0.1) is 0 Å². The highest BCUT2D eigenvalue weighted by Gasteiger charge is 2.00. The molecule has 1 heteroatoms. The van der Waals surface area contributed by atoms with E-state index in [1.165, 1.54) is 27.8 Å². The van der Waals surface area contributed by atoms with Crippen molar-refractivity contribution in [1.29, 1.82) is 0 Å². The van der Waals surface area contributed by atoms with Crippen LogP contribution < -0.4 is 5.73 Å². The van der Waals surface area contributed by atoms with Gasteiger partial charge in [-0.25, -0.2) is 0 Å². The van der Waals surface area contributed by atoms with Crippen molar-refractivity contribution in [2.45, 2.75) is 20.3 Å². The molecule has 0 aliphatic heterocycles. The molecule has 1 nitrogen and oxygen atoms in total. The first-order valence-corrected chi connectivity index (χ1v) is 10.3. The van der Waals surface area contributed by atoms with Crippen LogP contribution in [0.4, 0.5) is 0 Å². The minimum Gasteiger partial charge on any atom is -0.398 e. The van der Waals surface area contributed by atoms with Gasteiger partial charge in [-0.15, -0.1) is 0 Å². The van der Waals surface area contributed by atoms with Crippen molar-refractivity contribution in [1.82, 2.24) is 0 Å². The summed E-state index contributed by atoms with van der Waals surface area (Å²) in [5.74, 6) is 0. The Balaban J connectivity index is 0.000000310. The third kappa shape index (κ3) is 6.49. The van der Waals surface area contributed by atoms with Crippen LogP contribution in [0.25, 0.3) is 16.8 Å². The normalized spacial score (nSPS) is 10.8. The third-order valence-corrected chi connectivity index (χ3v) is 4.92. The molecule has 150 valence electrons. The van der Waals surface area contributed by atoms with E-state index in [9.17, 15) is 0 Å². The second kappa shape index (κ2) is 10.8. The Labute approximate surface area is 180 Å². The van der Waals surface area contributed by atoms with Gasteiger partial charge in [-0.3, -0.25) is 0 Å².